The van der Waals surface area contributed by atoms with Gasteiger partial charge in [-0.3, -0.25) is 4.79 Å². The highest BCUT2D eigenvalue weighted by Gasteiger charge is 2.28. The van der Waals surface area contributed by atoms with Gasteiger partial charge in [0, 0.05) is 17.9 Å². The van der Waals surface area contributed by atoms with Crippen LogP contribution in [0.4, 0.5) is 0 Å². The number of halogens is 1. The van der Waals surface area contributed by atoms with Gasteiger partial charge in [0.05, 0.1) is 16.0 Å². The van der Waals surface area contributed by atoms with Gasteiger partial charge in [0.1, 0.15) is 6.10 Å². The summed E-state index contributed by atoms with van der Waals surface area (Å²) in [5.74, 6) is -0.288. The van der Waals surface area contributed by atoms with Crippen molar-refractivity contribution in [3.8, 4) is 0 Å². The van der Waals surface area contributed by atoms with Crippen LogP contribution in [0.1, 0.15) is 24.3 Å². The van der Waals surface area contributed by atoms with Crippen LogP contribution in [0.15, 0.2) is 36.4 Å². The minimum Gasteiger partial charge on any atom is -0.456 e. The zero-order valence-electron chi connectivity index (χ0n) is 10.3. The first-order valence-corrected chi connectivity index (χ1v) is 6.96. The molecule has 0 aliphatic heterocycles. The van der Waals surface area contributed by atoms with Gasteiger partial charge in [0.25, 0.3) is 0 Å². The van der Waals surface area contributed by atoms with Crippen molar-refractivity contribution in [3.05, 3.63) is 47.7 Å². The predicted octanol–water partition coefficient (Wildman–Crippen LogP) is 3.63. The van der Waals surface area contributed by atoms with Crippen LogP contribution < -0.4 is 0 Å². The number of benzene rings is 1. The number of hydrogen-bond donors (Lipinski definition) is 0. The molecule has 19 heavy (non-hydrogen) atoms. The molecule has 0 saturated carbocycles. The number of hydrogen-bond acceptors (Lipinski definition) is 3. The number of aromatic nitrogens is 1. The van der Waals surface area contributed by atoms with Crippen LogP contribution in [0.25, 0.3) is 17.0 Å². The molecule has 2 atom stereocenters. The van der Waals surface area contributed by atoms with E-state index in [-0.39, 0.29) is 16.9 Å². The highest BCUT2D eigenvalue weighted by molar-refractivity contribution is 9.09. The summed E-state index contributed by atoms with van der Waals surface area (Å²) in [5.41, 5.74) is 2.75. The molecule has 0 spiro atoms. The quantitative estimate of drug-likeness (QED) is 0.595. The second-order valence-corrected chi connectivity index (χ2v) is 5.55. The third-order valence-corrected chi connectivity index (χ3v) is 3.90. The van der Waals surface area contributed by atoms with Crippen molar-refractivity contribution in [1.29, 1.82) is 0 Å². The molecule has 0 radical (unpaired) electrons. The minimum absolute atomic E-state index is 0.0214. The van der Waals surface area contributed by atoms with Crippen LogP contribution in [0, 0.1) is 0 Å². The average Bonchev–Trinajstić information content (AvgIpc) is 2.40. The summed E-state index contributed by atoms with van der Waals surface area (Å²) in [6.45, 7) is 1.42. The fraction of sp³-hybridized carbons (Fsp3) is 0.200. The van der Waals surface area contributed by atoms with Crippen LogP contribution in [0.2, 0.25) is 0 Å². The van der Waals surface area contributed by atoms with E-state index >= 15 is 0 Å². The Morgan fingerprint density at radius 3 is 2.95 bits per heavy atom. The molecule has 1 heterocycles. The zero-order chi connectivity index (χ0) is 13.4. The SMILES string of the molecule is CC(=O)O[C@@H]1c2cc3ccccc3nc2C=C[C@H]1Br. The Kier molecular flexibility index (Phi) is 3.11. The summed E-state index contributed by atoms with van der Waals surface area (Å²) in [5, 5.41) is 1.05. The molecular weight excluding hydrogens is 306 g/mol. The summed E-state index contributed by atoms with van der Waals surface area (Å²) < 4.78 is 5.40. The van der Waals surface area contributed by atoms with Crippen molar-refractivity contribution in [2.75, 3.05) is 0 Å². The van der Waals surface area contributed by atoms with E-state index < -0.39 is 0 Å². The fourth-order valence-electron chi connectivity index (χ4n) is 2.27. The van der Waals surface area contributed by atoms with E-state index in [9.17, 15) is 4.79 Å². The van der Waals surface area contributed by atoms with E-state index in [1.54, 1.807) is 0 Å². The molecule has 0 bridgehead atoms. The van der Waals surface area contributed by atoms with Crippen LogP contribution in [0.5, 0.6) is 0 Å². The minimum atomic E-state index is -0.324. The van der Waals surface area contributed by atoms with Crippen LogP contribution in [0.3, 0.4) is 0 Å². The summed E-state index contributed by atoms with van der Waals surface area (Å²) in [6, 6.07) is 9.97. The predicted molar refractivity (Wildman–Crippen MR) is 78.0 cm³/mol. The number of carbonyl (C=O) groups excluding carboxylic acids is 1. The molecule has 2 aromatic rings. The number of pyridine rings is 1. The Hall–Kier alpha value is -1.68. The molecule has 3 nitrogen and oxygen atoms in total. The van der Waals surface area contributed by atoms with Crippen LogP contribution >= 0.6 is 15.9 Å². The van der Waals surface area contributed by atoms with E-state index in [0.29, 0.717) is 0 Å². The highest BCUT2D eigenvalue weighted by atomic mass is 79.9. The highest BCUT2D eigenvalue weighted by Crippen LogP contribution is 2.35. The fourth-order valence-corrected chi connectivity index (χ4v) is 2.82. The maximum absolute atomic E-state index is 11.2. The number of carbonyl (C=O) groups is 1. The van der Waals surface area contributed by atoms with Gasteiger partial charge in [0.15, 0.2) is 0 Å². The third-order valence-electron chi connectivity index (χ3n) is 3.11. The summed E-state index contributed by atoms with van der Waals surface area (Å²) in [7, 11) is 0. The Labute approximate surface area is 119 Å². The molecule has 0 N–H and O–H groups in total. The second-order valence-electron chi connectivity index (χ2n) is 4.49. The van der Waals surface area contributed by atoms with Gasteiger partial charge in [-0.2, -0.15) is 0 Å². The zero-order valence-corrected chi connectivity index (χ0v) is 11.9. The number of rotatable bonds is 1. The molecule has 0 unspecified atom stereocenters. The average molecular weight is 318 g/mol. The lowest BCUT2D eigenvalue weighted by Crippen LogP contribution is -2.21. The number of ether oxygens (including phenoxy) is 1. The Bertz CT molecular complexity index is 681. The molecule has 0 fully saturated rings. The molecule has 1 aliphatic rings. The van der Waals surface area contributed by atoms with Crippen molar-refractivity contribution < 1.29 is 9.53 Å². The lowest BCUT2D eigenvalue weighted by molar-refractivity contribution is -0.146. The van der Waals surface area contributed by atoms with E-state index in [1.165, 1.54) is 6.92 Å². The smallest absolute Gasteiger partial charge is 0.303 e. The number of fused-ring (bicyclic) bond motifs is 2. The molecule has 3 rings (SSSR count). The maximum atomic E-state index is 11.2. The number of para-hydroxylation sites is 1. The van der Waals surface area contributed by atoms with E-state index in [0.717, 1.165) is 22.2 Å². The van der Waals surface area contributed by atoms with Gasteiger partial charge in [0.2, 0.25) is 0 Å². The topological polar surface area (TPSA) is 39.2 Å². The first-order valence-electron chi connectivity index (χ1n) is 6.04. The second kappa shape index (κ2) is 4.78. The molecule has 1 aliphatic carbocycles. The molecule has 1 aromatic heterocycles. The van der Waals surface area contributed by atoms with Gasteiger partial charge in [-0.05, 0) is 18.2 Å². The van der Waals surface area contributed by atoms with Gasteiger partial charge in [-0.15, -0.1) is 0 Å². The monoisotopic (exact) mass is 317 g/mol. The number of alkyl halides is 1. The van der Waals surface area contributed by atoms with Crippen LogP contribution in [-0.2, 0) is 9.53 Å². The summed E-state index contributed by atoms with van der Waals surface area (Å²) >= 11 is 3.53. The Balaban J connectivity index is 2.16. The molecular formula is C15H12BrNO2. The molecule has 0 amide bonds. The maximum Gasteiger partial charge on any atom is 0.303 e. The van der Waals surface area contributed by atoms with Crippen molar-refractivity contribution in [2.45, 2.75) is 17.9 Å². The van der Waals surface area contributed by atoms with Crippen molar-refractivity contribution in [2.24, 2.45) is 0 Å². The van der Waals surface area contributed by atoms with Gasteiger partial charge >= 0.3 is 5.97 Å². The normalized spacial score (nSPS) is 21.2. The summed E-state index contributed by atoms with van der Waals surface area (Å²) in [4.78, 5) is 15.8. The standard InChI is InChI=1S/C15H12BrNO2/c1-9(18)19-15-11-8-10-4-2-3-5-13(10)17-14(11)7-6-12(15)16/h2-8,12,15H,1H3/t12-,15-/m1/s1. The van der Waals surface area contributed by atoms with Gasteiger partial charge in [-0.1, -0.05) is 40.2 Å². The number of nitrogens with zero attached hydrogens (tertiary/aromatic N) is 1. The third kappa shape index (κ3) is 2.28. The Morgan fingerprint density at radius 2 is 2.16 bits per heavy atom. The van der Waals surface area contributed by atoms with E-state index in [1.807, 2.05) is 42.5 Å². The largest absolute Gasteiger partial charge is 0.456 e. The molecule has 1 aromatic carbocycles. The van der Waals surface area contributed by atoms with Crippen molar-refractivity contribution in [3.63, 3.8) is 0 Å². The lowest BCUT2D eigenvalue weighted by Gasteiger charge is -2.25. The summed E-state index contributed by atoms with van der Waals surface area (Å²) in [6.07, 6.45) is 3.59. The molecule has 4 heteroatoms. The van der Waals surface area contributed by atoms with E-state index in [2.05, 4.69) is 20.9 Å². The van der Waals surface area contributed by atoms with Gasteiger partial charge in [-0.25, -0.2) is 4.98 Å². The Morgan fingerprint density at radius 1 is 1.37 bits per heavy atom. The van der Waals surface area contributed by atoms with Gasteiger partial charge < -0.3 is 4.74 Å². The van der Waals surface area contributed by atoms with Crippen molar-refractivity contribution in [1.82, 2.24) is 4.98 Å². The molecule has 96 valence electrons. The first-order chi connectivity index (χ1) is 9.15. The number of esters is 1. The van der Waals surface area contributed by atoms with Crippen LogP contribution in [-0.4, -0.2) is 15.8 Å². The first kappa shape index (κ1) is 12.4. The lowest BCUT2D eigenvalue weighted by atomic mass is 9.97. The van der Waals surface area contributed by atoms with E-state index in [4.69, 9.17) is 4.74 Å². The molecule has 0 saturated heterocycles. The van der Waals surface area contributed by atoms with Crippen molar-refractivity contribution >= 4 is 38.9 Å².